The number of carbonyl (C=O) groups excluding carboxylic acids is 1. The van der Waals surface area contributed by atoms with Gasteiger partial charge in [-0.15, -0.1) is 11.3 Å². The summed E-state index contributed by atoms with van der Waals surface area (Å²) in [6.45, 7) is 9.58. The van der Waals surface area contributed by atoms with E-state index in [1.54, 1.807) is 12.1 Å². The molecule has 0 unspecified atom stereocenters. The Hall–Kier alpha value is -1.52. The Morgan fingerprint density at radius 2 is 1.89 bits per heavy atom. The van der Waals surface area contributed by atoms with Gasteiger partial charge >= 0.3 is 0 Å². The highest BCUT2D eigenvalue weighted by Gasteiger charge is 2.54. The fourth-order valence-electron chi connectivity index (χ4n) is 7.04. The van der Waals surface area contributed by atoms with Crippen LogP contribution in [-0.4, -0.2) is 73.5 Å². The summed E-state index contributed by atoms with van der Waals surface area (Å²) in [6.07, 6.45) is 1.92. The third kappa shape index (κ3) is 5.17. The van der Waals surface area contributed by atoms with Crippen molar-refractivity contribution in [1.82, 2.24) is 14.8 Å². The smallest absolute Gasteiger partial charge is 0.225 e. The van der Waals surface area contributed by atoms with E-state index in [9.17, 15) is 18.3 Å². The summed E-state index contributed by atoms with van der Waals surface area (Å²) >= 11 is 7.42. The van der Waals surface area contributed by atoms with Gasteiger partial charge < -0.3 is 14.9 Å². The van der Waals surface area contributed by atoms with E-state index in [1.807, 2.05) is 11.8 Å². The maximum atomic E-state index is 13.4. The monoisotopic (exact) mass is 579 g/mol. The number of nitrogens with zero attached hydrogens (tertiary/aromatic N) is 3. The standard InChI is InChI=1S/C28H38ClN3O4S2/c1-17(27(34)32-13-11-31(4)12-14-32)21-9-10-28(3)15-22-25(18(2)24(28)26(21)33)30-23(37-22)16-38(35,36)20-7-5-19(29)6-8-20/h5-8,17-18,21,24,26,33H,9-16H2,1-4H3/t17-,18-,21-,24+,26-,28-/m0/s1. The van der Waals surface area contributed by atoms with E-state index in [1.165, 1.54) is 23.5 Å². The molecule has 7 nitrogen and oxygen atoms in total. The molecule has 2 fully saturated rings. The van der Waals surface area contributed by atoms with E-state index in [4.69, 9.17) is 16.6 Å². The van der Waals surface area contributed by atoms with Crippen molar-refractivity contribution in [2.75, 3.05) is 33.2 Å². The number of halogens is 1. The number of aliphatic hydroxyl groups excluding tert-OH is 1. The molecule has 1 N–H and O–H groups in total. The van der Waals surface area contributed by atoms with Gasteiger partial charge in [0.1, 0.15) is 10.8 Å². The number of aromatic nitrogens is 1. The lowest BCUT2D eigenvalue weighted by atomic mass is 9.53. The maximum absolute atomic E-state index is 13.4. The van der Waals surface area contributed by atoms with Crippen molar-refractivity contribution >= 4 is 38.7 Å². The lowest BCUT2D eigenvalue weighted by Gasteiger charge is -2.53. The van der Waals surface area contributed by atoms with Crippen LogP contribution in [0.1, 0.15) is 55.1 Å². The number of hydrogen-bond donors (Lipinski definition) is 1. The molecule has 2 aromatic rings. The van der Waals surface area contributed by atoms with Gasteiger partial charge in [-0.25, -0.2) is 13.4 Å². The molecule has 1 aromatic carbocycles. The molecule has 38 heavy (non-hydrogen) atoms. The molecule has 208 valence electrons. The predicted octanol–water partition coefficient (Wildman–Crippen LogP) is 4.23. The average Bonchev–Trinajstić information content (AvgIpc) is 3.25. The number of sulfone groups is 1. The second kappa shape index (κ2) is 10.5. The number of aliphatic hydroxyl groups is 1. The Balaban J connectivity index is 1.34. The van der Waals surface area contributed by atoms with Crippen LogP contribution < -0.4 is 0 Å². The van der Waals surface area contributed by atoms with E-state index in [0.29, 0.717) is 10.0 Å². The Kier molecular flexibility index (Phi) is 7.72. The molecule has 10 heteroatoms. The van der Waals surface area contributed by atoms with Gasteiger partial charge in [-0.05, 0) is 67.8 Å². The molecule has 1 aliphatic heterocycles. The molecule has 6 atom stereocenters. The quantitative estimate of drug-likeness (QED) is 0.570. The summed E-state index contributed by atoms with van der Waals surface area (Å²) in [5, 5.41) is 12.8. The number of benzene rings is 1. The van der Waals surface area contributed by atoms with Crippen molar-refractivity contribution in [3.05, 3.63) is 44.9 Å². The number of piperazine rings is 1. The van der Waals surface area contributed by atoms with E-state index in [-0.39, 0.29) is 45.6 Å². The summed E-state index contributed by atoms with van der Waals surface area (Å²) < 4.78 is 26.1. The van der Waals surface area contributed by atoms with Crippen molar-refractivity contribution in [2.24, 2.45) is 23.2 Å². The van der Waals surface area contributed by atoms with Crippen LogP contribution in [0.3, 0.4) is 0 Å². The van der Waals surface area contributed by atoms with E-state index >= 15 is 0 Å². The van der Waals surface area contributed by atoms with Crippen LogP contribution in [0.15, 0.2) is 29.2 Å². The third-order valence-corrected chi connectivity index (χ3v) is 12.4. The first kappa shape index (κ1) is 28.0. The number of thiazole rings is 1. The fourth-order valence-corrected chi connectivity index (χ4v) is 10.1. The number of carbonyl (C=O) groups is 1. The number of amides is 1. The van der Waals surface area contributed by atoms with Gasteiger partial charge in [-0.3, -0.25) is 4.79 Å². The minimum atomic E-state index is -3.55. The lowest BCUT2D eigenvalue weighted by Crippen LogP contribution is -2.55. The molecular weight excluding hydrogens is 542 g/mol. The highest BCUT2D eigenvalue weighted by atomic mass is 35.5. The first-order chi connectivity index (χ1) is 17.9. The molecule has 2 aliphatic carbocycles. The molecule has 2 heterocycles. The van der Waals surface area contributed by atoms with Gasteiger partial charge in [0.25, 0.3) is 0 Å². The van der Waals surface area contributed by atoms with Crippen molar-refractivity contribution < 1.29 is 18.3 Å². The summed E-state index contributed by atoms with van der Waals surface area (Å²) in [5.74, 6) is -0.370. The molecule has 1 saturated carbocycles. The van der Waals surface area contributed by atoms with Crippen LogP contribution in [0.5, 0.6) is 0 Å². The SMILES string of the molecule is C[C@H](C(=O)N1CCN(C)CC1)[C@@H]1CC[C@@]2(C)Cc3sc(CS(=O)(=O)c4ccc(Cl)cc4)nc3[C@@H](C)[C@@H]2[C@H]1O. The van der Waals surface area contributed by atoms with Crippen LogP contribution in [0.2, 0.25) is 5.02 Å². The molecule has 0 radical (unpaired) electrons. The maximum Gasteiger partial charge on any atom is 0.225 e. The van der Waals surface area contributed by atoms with E-state index < -0.39 is 15.9 Å². The van der Waals surface area contributed by atoms with Gasteiger partial charge in [0.2, 0.25) is 5.91 Å². The lowest BCUT2D eigenvalue weighted by molar-refractivity contribution is -0.146. The highest BCUT2D eigenvalue weighted by Crippen LogP contribution is 2.57. The molecule has 1 aromatic heterocycles. The predicted molar refractivity (Wildman–Crippen MR) is 150 cm³/mol. The first-order valence-corrected chi connectivity index (χ1v) is 16.4. The average molecular weight is 580 g/mol. The number of likely N-dealkylation sites (N-methyl/N-ethyl adjacent to an activating group) is 1. The van der Waals surface area contributed by atoms with Crippen LogP contribution >= 0.6 is 22.9 Å². The van der Waals surface area contributed by atoms with Gasteiger partial charge in [0, 0.05) is 47.9 Å². The van der Waals surface area contributed by atoms with Crippen molar-refractivity contribution in [1.29, 1.82) is 0 Å². The highest BCUT2D eigenvalue weighted by molar-refractivity contribution is 7.90. The number of rotatable bonds is 5. The minimum absolute atomic E-state index is 0.0178. The second-order valence-electron chi connectivity index (χ2n) is 11.9. The van der Waals surface area contributed by atoms with Gasteiger partial charge in [-0.1, -0.05) is 32.4 Å². The van der Waals surface area contributed by atoms with Crippen molar-refractivity contribution in [3.8, 4) is 0 Å². The molecule has 5 rings (SSSR count). The zero-order valence-corrected chi connectivity index (χ0v) is 24.9. The third-order valence-electron chi connectivity index (χ3n) is 9.30. The first-order valence-electron chi connectivity index (χ1n) is 13.5. The van der Waals surface area contributed by atoms with Gasteiger partial charge in [-0.2, -0.15) is 0 Å². The van der Waals surface area contributed by atoms with E-state index in [0.717, 1.165) is 56.0 Å². The number of hydrogen-bond acceptors (Lipinski definition) is 7. The van der Waals surface area contributed by atoms with Crippen LogP contribution in [0, 0.1) is 23.2 Å². The van der Waals surface area contributed by atoms with Gasteiger partial charge in [0.05, 0.1) is 16.7 Å². The summed E-state index contributed by atoms with van der Waals surface area (Å²) in [6, 6.07) is 6.24. The molecule has 1 amide bonds. The minimum Gasteiger partial charge on any atom is -0.392 e. The summed E-state index contributed by atoms with van der Waals surface area (Å²) in [4.78, 5) is 23.7. The Morgan fingerprint density at radius 3 is 2.55 bits per heavy atom. The van der Waals surface area contributed by atoms with Crippen molar-refractivity contribution in [3.63, 3.8) is 0 Å². The van der Waals surface area contributed by atoms with Crippen LogP contribution in [-0.2, 0) is 26.8 Å². The molecule has 3 aliphatic rings. The molecule has 0 spiro atoms. The Bertz CT molecular complexity index is 1290. The van der Waals surface area contributed by atoms with Gasteiger partial charge in [0.15, 0.2) is 9.84 Å². The topological polar surface area (TPSA) is 90.8 Å². The zero-order valence-electron chi connectivity index (χ0n) is 22.6. The van der Waals surface area contributed by atoms with Crippen molar-refractivity contribution in [2.45, 2.75) is 62.7 Å². The summed E-state index contributed by atoms with van der Waals surface area (Å²) in [7, 11) is -1.47. The van der Waals surface area contributed by atoms with Crippen LogP contribution in [0.25, 0.3) is 0 Å². The Labute approximate surface area is 235 Å². The fraction of sp³-hybridized carbons (Fsp3) is 0.643. The molecule has 1 saturated heterocycles. The number of fused-ring (bicyclic) bond motifs is 2. The Morgan fingerprint density at radius 1 is 1.24 bits per heavy atom. The normalized spacial score (nSPS) is 30.9. The second-order valence-corrected chi connectivity index (χ2v) is 15.5. The largest absolute Gasteiger partial charge is 0.392 e. The zero-order chi connectivity index (χ0) is 27.4. The molecule has 0 bridgehead atoms. The van der Waals surface area contributed by atoms with Crippen LogP contribution in [0.4, 0.5) is 0 Å². The van der Waals surface area contributed by atoms with E-state index in [2.05, 4.69) is 25.8 Å². The molecular formula is C28H38ClN3O4S2. The summed E-state index contributed by atoms with van der Waals surface area (Å²) in [5.41, 5.74) is 0.800.